The number of hydrogen-bond donors (Lipinski definition) is 0. The molecular formula is C17H22N3OP. The van der Waals surface area contributed by atoms with Crippen molar-refractivity contribution in [3.8, 4) is 0 Å². The predicted molar refractivity (Wildman–Crippen MR) is 91.6 cm³/mol. The number of aryl methyl sites for hydroxylation is 2. The summed E-state index contributed by atoms with van der Waals surface area (Å²) in [6.07, 6.45) is 4.91. The van der Waals surface area contributed by atoms with E-state index in [1.807, 2.05) is 18.0 Å². The minimum Gasteiger partial charge on any atom is -0.337 e. The Bertz CT molecular complexity index is 642. The number of nitrogens with zero attached hydrogens (tertiary/aromatic N) is 3. The van der Waals surface area contributed by atoms with E-state index in [2.05, 4.69) is 43.1 Å². The highest BCUT2D eigenvalue weighted by Crippen LogP contribution is 2.15. The second-order valence-electron chi connectivity index (χ2n) is 5.72. The number of fused-ring (bicyclic) bond motifs is 1. The Kier molecular flexibility index (Phi) is 4.58. The molecule has 1 atom stereocenters. The van der Waals surface area contributed by atoms with E-state index in [0.29, 0.717) is 12.2 Å². The number of benzene rings is 1. The molecule has 0 aliphatic carbocycles. The van der Waals surface area contributed by atoms with E-state index in [0.717, 1.165) is 38.2 Å². The van der Waals surface area contributed by atoms with Gasteiger partial charge in [0.2, 0.25) is 0 Å². The Hall–Kier alpha value is -1.67. The Morgan fingerprint density at radius 2 is 2.14 bits per heavy atom. The van der Waals surface area contributed by atoms with Crippen molar-refractivity contribution in [3.63, 3.8) is 0 Å². The van der Waals surface area contributed by atoms with E-state index in [9.17, 15) is 4.79 Å². The SMILES string of the molecule is CCN(CCc1ccc(P)cc1)C(=O)c1cn2c(n1)CCC2. The highest BCUT2D eigenvalue weighted by molar-refractivity contribution is 7.27. The maximum atomic E-state index is 12.6. The molecule has 1 aromatic heterocycles. The van der Waals surface area contributed by atoms with E-state index in [1.165, 1.54) is 10.9 Å². The number of rotatable bonds is 5. The summed E-state index contributed by atoms with van der Waals surface area (Å²) in [7, 11) is 2.69. The molecule has 1 amide bonds. The lowest BCUT2D eigenvalue weighted by Crippen LogP contribution is -2.33. The first-order chi connectivity index (χ1) is 10.7. The van der Waals surface area contributed by atoms with Crippen LogP contribution in [0, 0.1) is 0 Å². The summed E-state index contributed by atoms with van der Waals surface area (Å²) < 4.78 is 2.11. The van der Waals surface area contributed by atoms with E-state index in [1.54, 1.807) is 0 Å². The second-order valence-corrected chi connectivity index (χ2v) is 6.38. The molecule has 1 aliphatic rings. The average molecular weight is 315 g/mol. The predicted octanol–water partition coefficient (Wildman–Crippen LogP) is 2.03. The molecule has 4 nitrogen and oxygen atoms in total. The van der Waals surface area contributed by atoms with Gasteiger partial charge in [-0.05, 0) is 30.6 Å². The van der Waals surface area contributed by atoms with Crippen LogP contribution in [0.1, 0.15) is 35.2 Å². The van der Waals surface area contributed by atoms with Gasteiger partial charge < -0.3 is 9.47 Å². The lowest BCUT2D eigenvalue weighted by atomic mass is 10.1. The van der Waals surface area contributed by atoms with Gasteiger partial charge in [-0.2, -0.15) is 0 Å². The van der Waals surface area contributed by atoms with E-state index >= 15 is 0 Å². The summed E-state index contributed by atoms with van der Waals surface area (Å²) in [4.78, 5) is 19.0. The number of hydrogen-bond acceptors (Lipinski definition) is 2. The smallest absolute Gasteiger partial charge is 0.274 e. The van der Waals surface area contributed by atoms with Gasteiger partial charge >= 0.3 is 0 Å². The topological polar surface area (TPSA) is 38.1 Å². The summed E-state index contributed by atoms with van der Waals surface area (Å²) in [5, 5.41) is 1.18. The molecule has 0 bridgehead atoms. The molecule has 5 heteroatoms. The largest absolute Gasteiger partial charge is 0.337 e. The first-order valence-electron chi connectivity index (χ1n) is 7.87. The molecule has 22 heavy (non-hydrogen) atoms. The second kappa shape index (κ2) is 6.62. The third kappa shape index (κ3) is 3.22. The number of carbonyl (C=O) groups is 1. The van der Waals surface area contributed by atoms with Crippen LogP contribution in [0.5, 0.6) is 0 Å². The molecule has 2 heterocycles. The Morgan fingerprint density at radius 3 is 2.82 bits per heavy atom. The van der Waals surface area contributed by atoms with Gasteiger partial charge in [-0.25, -0.2) is 4.98 Å². The molecule has 0 saturated carbocycles. The van der Waals surface area contributed by atoms with Gasteiger partial charge in [0.1, 0.15) is 11.5 Å². The molecule has 0 fully saturated rings. The lowest BCUT2D eigenvalue weighted by molar-refractivity contribution is 0.0760. The van der Waals surface area contributed by atoms with Gasteiger partial charge in [0.25, 0.3) is 5.91 Å². The highest BCUT2D eigenvalue weighted by atomic mass is 31.0. The first-order valence-corrected chi connectivity index (χ1v) is 8.45. The minimum atomic E-state index is 0.0482. The van der Waals surface area contributed by atoms with E-state index < -0.39 is 0 Å². The lowest BCUT2D eigenvalue weighted by Gasteiger charge is -2.20. The van der Waals surface area contributed by atoms with Gasteiger partial charge in [-0.15, -0.1) is 9.24 Å². The summed E-state index contributed by atoms with van der Waals surface area (Å²) in [5.41, 5.74) is 1.85. The summed E-state index contributed by atoms with van der Waals surface area (Å²) in [6, 6.07) is 8.40. The first kappa shape index (κ1) is 15.2. The van der Waals surface area contributed by atoms with Gasteiger partial charge in [0.15, 0.2) is 0 Å². The van der Waals surface area contributed by atoms with Crippen molar-refractivity contribution in [3.05, 3.63) is 47.5 Å². The van der Waals surface area contributed by atoms with Crippen molar-refractivity contribution in [2.75, 3.05) is 13.1 Å². The number of likely N-dealkylation sites (N-methyl/N-ethyl adjacent to an activating group) is 1. The van der Waals surface area contributed by atoms with Crippen LogP contribution in [0.2, 0.25) is 0 Å². The molecule has 1 unspecified atom stereocenters. The zero-order chi connectivity index (χ0) is 15.5. The van der Waals surface area contributed by atoms with Crippen LogP contribution in [0.15, 0.2) is 30.5 Å². The number of aromatic nitrogens is 2. The molecule has 3 rings (SSSR count). The monoisotopic (exact) mass is 315 g/mol. The van der Waals surface area contributed by atoms with Crippen LogP contribution in [-0.2, 0) is 19.4 Å². The Labute approximate surface area is 133 Å². The molecule has 0 spiro atoms. The van der Waals surface area contributed by atoms with Crippen LogP contribution >= 0.6 is 9.24 Å². The number of carbonyl (C=O) groups excluding carboxylic acids is 1. The van der Waals surface area contributed by atoms with Crippen LogP contribution in [0.3, 0.4) is 0 Å². The minimum absolute atomic E-state index is 0.0482. The van der Waals surface area contributed by atoms with Crippen LogP contribution in [0.4, 0.5) is 0 Å². The summed E-state index contributed by atoms with van der Waals surface area (Å²) >= 11 is 0. The third-order valence-electron chi connectivity index (χ3n) is 4.20. The van der Waals surface area contributed by atoms with Crippen LogP contribution < -0.4 is 5.30 Å². The van der Waals surface area contributed by atoms with Gasteiger partial charge in [-0.3, -0.25) is 4.79 Å². The van der Waals surface area contributed by atoms with Gasteiger partial charge in [-0.1, -0.05) is 24.3 Å². The van der Waals surface area contributed by atoms with E-state index in [4.69, 9.17) is 0 Å². The van der Waals surface area contributed by atoms with Crippen molar-refractivity contribution in [1.29, 1.82) is 0 Å². The maximum Gasteiger partial charge on any atom is 0.274 e. The zero-order valence-corrected chi connectivity index (χ0v) is 14.1. The molecule has 1 aromatic carbocycles. The molecule has 116 valence electrons. The molecule has 2 aromatic rings. The van der Waals surface area contributed by atoms with Gasteiger partial charge in [0.05, 0.1) is 0 Å². The third-order valence-corrected chi connectivity index (χ3v) is 4.58. The standard InChI is InChI=1S/C17H22N3OP/c1-2-19(11-9-13-5-7-14(22)8-6-13)17(21)15-12-20-10-3-4-16(20)18-15/h5-8,12H,2-4,9-11,22H2,1H3. The number of amides is 1. The molecule has 0 saturated heterocycles. The zero-order valence-electron chi connectivity index (χ0n) is 13.0. The molecular weight excluding hydrogens is 293 g/mol. The summed E-state index contributed by atoms with van der Waals surface area (Å²) in [5.74, 6) is 1.10. The molecule has 1 aliphatic heterocycles. The fraction of sp³-hybridized carbons (Fsp3) is 0.412. The maximum absolute atomic E-state index is 12.6. The normalized spacial score (nSPS) is 13.2. The fourth-order valence-corrected chi connectivity index (χ4v) is 3.06. The van der Waals surface area contributed by atoms with Crippen molar-refractivity contribution in [1.82, 2.24) is 14.5 Å². The van der Waals surface area contributed by atoms with Crippen molar-refractivity contribution in [2.45, 2.75) is 32.7 Å². The highest BCUT2D eigenvalue weighted by Gasteiger charge is 2.21. The quantitative estimate of drug-likeness (QED) is 0.792. The fourth-order valence-electron chi connectivity index (χ4n) is 2.87. The van der Waals surface area contributed by atoms with E-state index in [-0.39, 0.29) is 5.91 Å². The number of imidazole rings is 1. The van der Waals surface area contributed by atoms with Gasteiger partial charge in [0, 0.05) is 32.3 Å². The van der Waals surface area contributed by atoms with Crippen LogP contribution in [-0.4, -0.2) is 33.4 Å². The van der Waals surface area contributed by atoms with Crippen molar-refractivity contribution >= 4 is 20.5 Å². The Balaban J connectivity index is 1.65. The average Bonchev–Trinajstić information content (AvgIpc) is 3.11. The van der Waals surface area contributed by atoms with Crippen molar-refractivity contribution < 1.29 is 4.79 Å². The molecule has 0 radical (unpaired) electrons. The van der Waals surface area contributed by atoms with Crippen LogP contribution in [0.25, 0.3) is 0 Å². The van der Waals surface area contributed by atoms with Crippen molar-refractivity contribution in [2.24, 2.45) is 0 Å². The summed E-state index contributed by atoms with van der Waals surface area (Å²) in [6.45, 7) is 4.45. The molecule has 0 N–H and O–H groups in total. The Morgan fingerprint density at radius 1 is 1.36 bits per heavy atom.